The van der Waals surface area contributed by atoms with Gasteiger partial charge in [-0.3, -0.25) is 9.59 Å². The van der Waals surface area contributed by atoms with E-state index in [1.165, 1.54) is 161 Å². The molecule has 0 radical (unpaired) electrons. The lowest BCUT2D eigenvalue weighted by Gasteiger charge is -2.29. The number of unbranched alkanes of at least 4 members (excludes halogenated alkanes) is 22. The van der Waals surface area contributed by atoms with Crippen LogP contribution in [0.2, 0.25) is 0 Å². The van der Waals surface area contributed by atoms with Crippen LogP contribution in [0.15, 0.2) is 0 Å². The third-order valence-electron chi connectivity index (χ3n) is 12.7. The molecule has 0 bridgehead atoms. The Morgan fingerprint density at radius 3 is 1.19 bits per heavy atom. The van der Waals surface area contributed by atoms with Gasteiger partial charge in [0.1, 0.15) is 0 Å². The van der Waals surface area contributed by atoms with Gasteiger partial charge in [0.05, 0.1) is 25.0 Å². The van der Waals surface area contributed by atoms with Gasteiger partial charge in [0.2, 0.25) is 0 Å². The molecule has 0 aliphatic carbocycles. The zero-order valence-electron chi connectivity index (χ0n) is 39.6. The van der Waals surface area contributed by atoms with Gasteiger partial charge in [-0.2, -0.15) is 0 Å². The molecule has 58 heavy (non-hydrogen) atoms. The number of nitrogens with zero attached hydrogens (tertiary/aromatic N) is 2. The summed E-state index contributed by atoms with van der Waals surface area (Å²) in [5.41, 5.74) is 0. The molecule has 1 aliphatic rings. The Bertz CT molecular complexity index is 824. The van der Waals surface area contributed by atoms with Crippen LogP contribution in [0.1, 0.15) is 240 Å². The van der Waals surface area contributed by atoms with Crippen molar-refractivity contribution in [3.8, 4) is 0 Å². The first-order valence-corrected chi connectivity index (χ1v) is 26.0. The van der Waals surface area contributed by atoms with Gasteiger partial charge in [-0.05, 0) is 84.0 Å². The molecule has 1 fully saturated rings. The Kier molecular flexibility index (Phi) is 40.2. The minimum absolute atomic E-state index is 0.0735. The van der Waals surface area contributed by atoms with Crippen molar-refractivity contribution in [3.05, 3.63) is 0 Å². The topological polar surface area (TPSA) is 71.1 Å². The SMILES string of the molecule is CCCCCCCCC(CCCCCC)C(=O)OCCCCCCN(CCCCCCOC(=O)C(CCCCCC)CCCCCCCC)CCCN1CCNCC1. The lowest BCUT2D eigenvalue weighted by atomic mass is 9.94. The van der Waals surface area contributed by atoms with E-state index < -0.39 is 0 Å². The summed E-state index contributed by atoms with van der Waals surface area (Å²) in [7, 11) is 0. The molecule has 2 atom stereocenters. The number of carbonyl (C=O) groups excluding carboxylic acids is 2. The predicted octanol–water partition coefficient (Wildman–Crippen LogP) is 13.5. The highest BCUT2D eigenvalue weighted by molar-refractivity contribution is 5.72. The zero-order chi connectivity index (χ0) is 42.0. The van der Waals surface area contributed by atoms with Gasteiger partial charge in [0.15, 0.2) is 0 Å². The number of hydrogen-bond donors (Lipinski definition) is 1. The molecule has 7 heteroatoms. The number of ether oxygens (including phenoxy) is 2. The molecule has 0 aromatic heterocycles. The Balaban J connectivity index is 2.40. The number of nitrogens with one attached hydrogen (secondary N) is 1. The van der Waals surface area contributed by atoms with Crippen molar-refractivity contribution in [1.29, 1.82) is 0 Å². The van der Waals surface area contributed by atoms with Crippen LogP contribution in [0, 0.1) is 11.8 Å². The maximum atomic E-state index is 13.1. The molecule has 0 saturated carbocycles. The molecule has 1 rings (SSSR count). The van der Waals surface area contributed by atoms with E-state index in [1.54, 1.807) is 0 Å². The van der Waals surface area contributed by atoms with Crippen molar-refractivity contribution >= 4 is 11.9 Å². The molecule has 2 unspecified atom stereocenters. The maximum Gasteiger partial charge on any atom is 0.308 e. The summed E-state index contributed by atoms with van der Waals surface area (Å²) >= 11 is 0. The lowest BCUT2D eigenvalue weighted by Crippen LogP contribution is -2.44. The average Bonchev–Trinajstić information content (AvgIpc) is 3.23. The van der Waals surface area contributed by atoms with Crippen molar-refractivity contribution in [1.82, 2.24) is 15.1 Å². The fraction of sp³-hybridized carbons (Fsp3) is 0.961. The molecule has 1 heterocycles. The average molecular weight is 820 g/mol. The van der Waals surface area contributed by atoms with Crippen LogP contribution in [-0.4, -0.2) is 87.3 Å². The third-order valence-corrected chi connectivity index (χ3v) is 12.7. The number of piperazine rings is 1. The van der Waals surface area contributed by atoms with E-state index in [0.29, 0.717) is 13.2 Å². The summed E-state index contributed by atoms with van der Waals surface area (Å²) in [5, 5.41) is 3.48. The minimum atomic E-state index is 0.0735. The van der Waals surface area contributed by atoms with Gasteiger partial charge in [-0.25, -0.2) is 0 Å². The maximum absolute atomic E-state index is 13.1. The minimum Gasteiger partial charge on any atom is -0.465 e. The van der Waals surface area contributed by atoms with Gasteiger partial charge < -0.3 is 24.6 Å². The zero-order valence-corrected chi connectivity index (χ0v) is 39.6. The van der Waals surface area contributed by atoms with E-state index in [0.717, 1.165) is 103 Å². The van der Waals surface area contributed by atoms with E-state index in [1.807, 2.05) is 0 Å². The quantitative estimate of drug-likeness (QED) is 0.0485. The van der Waals surface area contributed by atoms with Crippen LogP contribution in [0.5, 0.6) is 0 Å². The molecule has 1 N–H and O–H groups in total. The molecular weight excluding hydrogens is 719 g/mol. The van der Waals surface area contributed by atoms with E-state index in [2.05, 4.69) is 42.8 Å². The normalized spacial score (nSPS) is 14.6. The number of rotatable bonds is 44. The third kappa shape index (κ3) is 33.5. The van der Waals surface area contributed by atoms with Crippen molar-refractivity contribution in [2.24, 2.45) is 11.8 Å². The highest BCUT2D eigenvalue weighted by atomic mass is 16.5. The highest BCUT2D eigenvalue weighted by Crippen LogP contribution is 2.22. The number of carbonyl (C=O) groups is 2. The van der Waals surface area contributed by atoms with E-state index in [-0.39, 0.29) is 23.8 Å². The molecule has 1 aliphatic heterocycles. The second-order valence-corrected chi connectivity index (χ2v) is 18.2. The van der Waals surface area contributed by atoms with Crippen LogP contribution in [0.25, 0.3) is 0 Å². The fourth-order valence-electron chi connectivity index (χ4n) is 8.69. The Morgan fingerprint density at radius 2 is 0.776 bits per heavy atom. The van der Waals surface area contributed by atoms with Crippen molar-refractivity contribution < 1.29 is 19.1 Å². The molecular formula is C51H101N3O4. The van der Waals surface area contributed by atoms with Crippen LogP contribution in [-0.2, 0) is 19.1 Å². The fourth-order valence-corrected chi connectivity index (χ4v) is 8.69. The largest absolute Gasteiger partial charge is 0.465 e. The molecule has 0 spiro atoms. The first-order chi connectivity index (χ1) is 28.5. The highest BCUT2D eigenvalue weighted by Gasteiger charge is 2.20. The molecule has 0 amide bonds. The summed E-state index contributed by atoms with van der Waals surface area (Å²) in [6.07, 6.45) is 39.5. The first kappa shape index (κ1) is 54.8. The van der Waals surface area contributed by atoms with Crippen LogP contribution in [0.4, 0.5) is 0 Å². The monoisotopic (exact) mass is 820 g/mol. The molecule has 344 valence electrons. The Morgan fingerprint density at radius 1 is 0.448 bits per heavy atom. The van der Waals surface area contributed by atoms with E-state index >= 15 is 0 Å². The van der Waals surface area contributed by atoms with Crippen molar-refractivity contribution in [2.75, 3.05) is 65.6 Å². The van der Waals surface area contributed by atoms with E-state index in [9.17, 15) is 9.59 Å². The Labute approximate surface area is 362 Å². The van der Waals surface area contributed by atoms with Crippen molar-refractivity contribution in [3.63, 3.8) is 0 Å². The second-order valence-electron chi connectivity index (χ2n) is 18.2. The lowest BCUT2D eigenvalue weighted by molar-refractivity contribution is -0.150. The van der Waals surface area contributed by atoms with Gasteiger partial charge in [-0.1, -0.05) is 182 Å². The van der Waals surface area contributed by atoms with Gasteiger partial charge >= 0.3 is 11.9 Å². The summed E-state index contributed by atoms with van der Waals surface area (Å²) in [4.78, 5) is 31.5. The van der Waals surface area contributed by atoms with Crippen LogP contribution < -0.4 is 5.32 Å². The van der Waals surface area contributed by atoms with Crippen molar-refractivity contribution in [2.45, 2.75) is 240 Å². The summed E-state index contributed by atoms with van der Waals surface area (Å²) < 4.78 is 11.8. The number of esters is 2. The summed E-state index contributed by atoms with van der Waals surface area (Å²) in [6, 6.07) is 0. The summed E-state index contributed by atoms with van der Waals surface area (Å²) in [5.74, 6) is 0.351. The molecule has 7 nitrogen and oxygen atoms in total. The molecule has 0 aromatic carbocycles. The molecule has 0 aromatic rings. The van der Waals surface area contributed by atoms with Crippen LogP contribution in [0.3, 0.4) is 0 Å². The smallest absolute Gasteiger partial charge is 0.308 e. The van der Waals surface area contributed by atoms with Gasteiger partial charge in [-0.15, -0.1) is 0 Å². The van der Waals surface area contributed by atoms with E-state index in [4.69, 9.17) is 9.47 Å². The van der Waals surface area contributed by atoms with Gasteiger partial charge in [0, 0.05) is 26.2 Å². The first-order valence-electron chi connectivity index (χ1n) is 26.0. The number of hydrogen-bond acceptors (Lipinski definition) is 7. The summed E-state index contributed by atoms with van der Waals surface area (Å²) in [6.45, 7) is 19.5. The molecule has 1 saturated heterocycles. The second kappa shape index (κ2) is 42.5. The van der Waals surface area contributed by atoms with Crippen LogP contribution >= 0.6 is 0 Å². The van der Waals surface area contributed by atoms with Gasteiger partial charge in [0.25, 0.3) is 0 Å². The predicted molar refractivity (Wildman–Crippen MR) is 250 cm³/mol. The standard InChI is InChI=1S/C51H101N3O4/c1-5-9-13-17-19-27-36-48(34-25-15-11-7-3)50(55)57-46-31-23-21-29-40-53(42-33-43-54-44-38-52-39-45-54)41-30-22-24-32-47-58-51(56)49(35-26-16-12-8-4)37-28-20-18-14-10-6-2/h48-49,52H,5-47H2,1-4H3. The Hall–Kier alpha value is -1.18.